The fraction of sp³-hybridized carbons (Fsp3) is 0.600. The van der Waals surface area contributed by atoms with E-state index in [2.05, 4.69) is 13.8 Å². The lowest BCUT2D eigenvalue weighted by molar-refractivity contribution is -0.143. The van der Waals surface area contributed by atoms with Crippen molar-refractivity contribution in [1.82, 2.24) is 4.90 Å². The highest BCUT2D eigenvalue weighted by Crippen LogP contribution is 2.30. The summed E-state index contributed by atoms with van der Waals surface area (Å²) in [5.74, 6) is 0.304. The van der Waals surface area contributed by atoms with Crippen molar-refractivity contribution in [2.75, 3.05) is 26.8 Å². The van der Waals surface area contributed by atoms with Gasteiger partial charge in [0.25, 0.3) is 5.91 Å². The van der Waals surface area contributed by atoms with E-state index in [-0.39, 0.29) is 18.4 Å². The first-order valence-corrected chi connectivity index (χ1v) is 9.14. The third-order valence-electron chi connectivity index (χ3n) is 4.66. The van der Waals surface area contributed by atoms with Crippen LogP contribution in [-0.2, 0) is 4.79 Å². The summed E-state index contributed by atoms with van der Waals surface area (Å²) in [6, 6.07) is 5.13. The van der Waals surface area contributed by atoms with Crippen molar-refractivity contribution in [3.63, 3.8) is 0 Å². The van der Waals surface area contributed by atoms with Crippen LogP contribution in [0.4, 0.5) is 0 Å². The van der Waals surface area contributed by atoms with E-state index in [1.165, 1.54) is 0 Å². The second-order valence-corrected chi connectivity index (χ2v) is 7.48. The Morgan fingerprint density at radius 1 is 1.27 bits per heavy atom. The number of methoxy groups -OCH3 is 1. The van der Waals surface area contributed by atoms with Crippen LogP contribution in [0, 0.1) is 17.8 Å². The summed E-state index contributed by atoms with van der Waals surface area (Å²) >= 11 is 0. The maximum absolute atomic E-state index is 12.8. The van der Waals surface area contributed by atoms with E-state index in [1.54, 1.807) is 30.2 Å². The Hall–Kier alpha value is -2.24. The molecule has 1 aromatic rings. The summed E-state index contributed by atoms with van der Waals surface area (Å²) in [6.07, 6.45) is 1.54. The predicted molar refractivity (Wildman–Crippen MR) is 98.8 cm³/mol. The molecule has 6 heteroatoms. The zero-order chi connectivity index (χ0) is 19.3. The van der Waals surface area contributed by atoms with Crippen LogP contribution < -0.4 is 9.47 Å². The normalized spacial score (nSPS) is 20.1. The van der Waals surface area contributed by atoms with Gasteiger partial charge in [-0.25, -0.2) is 0 Å². The summed E-state index contributed by atoms with van der Waals surface area (Å²) in [5.41, 5.74) is 0.483. The first kappa shape index (κ1) is 20.1. The smallest absolute Gasteiger partial charge is 0.308 e. The molecule has 0 saturated carbocycles. The van der Waals surface area contributed by atoms with E-state index in [1.807, 2.05) is 6.92 Å². The summed E-state index contributed by atoms with van der Waals surface area (Å²) in [4.78, 5) is 25.8. The number of amides is 1. The van der Waals surface area contributed by atoms with Gasteiger partial charge in [0.2, 0.25) is 0 Å². The number of benzene rings is 1. The molecule has 0 bridgehead atoms. The number of hydrogen-bond donors (Lipinski definition) is 1. The monoisotopic (exact) mass is 363 g/mol. The quantitative estimate of drug-likeness (QED) is 0.804. The summed E-state index contributed by atoms with van der Waals surface area (Å²) in [7, 11) is 1.54. The van der Waals surface area contributed by atoms with Gasteiger partial charge in [0.05, 0.1) is 19.6 Å². The molecule has 0 radical (unpaired) electrons. The van der Waals surface area contributed by atoms with Gasteiger partial charge in [-0.15, -0.1) is 0 Å². The van der Waals surface area contributed by atoms with Crippen LogP contribution in [0.2, 0.25) is 0 Å². The maximum Gasteiger partial charge on any atom is 0.308 e. The van der Waals surface area contributed by atoms with Gasteiger partial charge >= 0.3 is 5.97 Å². The molecule has 1 N–H and O–H groups in total. The molecule has 6 nitrogen and oxygen atoms in total. The second kappa shape index (κ2) is 8.92. The number of carboxylic acid groups (broad SMARTS) is 1. The van der Waals surface area contributed by atoms with Gasteiger partial charge in [0.1, 0.15) is 0 Å². The van der Waals surface area contributed by atoms with Gasteiger partial charge in [-0.3, -0.25) is 9.59 Å². The van der Waals surface area contributed by atoms with Gasteiger partial charge in [-0.1, -0.05) is 20.8 Å². The Bertz CT molecular complexity index is 643. The molecule has 2 atom stereocenters. The van der Waals surface area contributed by atoms with Crippen LogP contribution >= 0.6 is 0 Å². The highest BCUT2D eigenvalue weighted by Gasteiger charge is 2.32. The Labute approximate surface area is 155 Å². The van der Waals surface area contributed by atoms with Crippen molar-refractivity contribution in [3.05, 3.63) is 23.8 Å². The van der Waals surface area contributed by atoms with Crippen LogP contribution in [0.15, 0.2) is 18.2 Å². The molecule has 0 spiro atoms. The molecule has 2 rings (SSSR count). The van der Waals surface area contributed by atoms with E-state index < -0.39 is 11.9 Å². The summed E-state index contributed by atoms with van der Waals surface area (Å²) < 4.78 is 11.1. The molecule has 1 saturated heterocycles. The van der Waals surface area contributed by atoms with E-state index in [9.17, 15) is 14.7 Å². The number of ether oxygens (including phenoxy) is 2. The zero-order valence-electron chi connectivity index (χ0n) is 16.0. The first-order valence-electron chi connectivity index (χ1n) is 9.14. The molecule has 1 fully saturated rings. The van der Waals surface area contributed by atoms with Gasteiger partial charge < -0.3 is 19.5 Å². The minimum Gasteiger partial charge on any atom is -0.493 e. The zero-order valence-corrected chi connectivity index (χ0v) is 16.0. The number of nitrogens with zero attached hydrogens (tertiary/aromatic N) is 1. The number of carbonyl (C=O) groups is 2. The van der Waals surface area contributed by atoms with Crippen molar-refractivity contribution >= 4 is 11.9 Å². The summed E-state index contributed by atoms with van der Waals surface area (Å²) in [5, 5.41) is 9.29. The standard InChI is InChI=1S/C20H29NO5/c1-13(2)7-8-26-17-6-5-15(10-18(17)25-4)19(22)21-11-14(3)9-16(12-21)20(23)24/h5-6,10,13-14,16H,7-9,11-12H2,1-4H3,(H,23,24). The van der Waals surface area contributed by atoms with E-state index >= 15 is 0 Å². The maximum atomic E-state index is 12.8. The van der Waals surface area contributed by atoms with Crippen LogP contribution in [0.5, 0.6) is 11.5 Å². The average Bonchev–Trinajstić information content (AvgIpc) is 2.60. The fourth-order valence-electron chi connectivity index (χ4n) is 3.20. The lowest BCUT2D eigenvalue weighted by Gasteiger charge is -2.34. The number of hydrogen-bond acceptors (Lipinski definition) is 4. The highest BCUT2D eigenvalue weighted by atomic mass is 16.5. The van der Waals surface area contributed by atoms with E-state index in [4.69, 9.17) is 9.47 Å². The lowest BCUT2D eigenvalue weighted by Crippen LogP contribution is -2.45. The van der Waals surface area contributed by atoms with Gasteiger partial charge in [-0.2, -0.15) is 0 Å². The molecule has 1 aliphatic rings. The number of carboxylic acids is 1. The molecule has 0 aromatic heterocycles. The molecular formula is C20H29NO5. The Kier molecular flexibility index (Phi) is 6.89. The van der Waals surface area contributed by atoms with Gasteiger partial charge in [-0.05, 0) is 42.9 Å². The number of rotatable bonds is 7. The van der Waals surface area contributed by atoms with Crippen molar-refractivity contribution in [3.8, 4) is 11.5 Å². The fourth-order valence-corrected chi connectivity index (χ4v) is 3.20. The molecule has 1 aromatic carbocycles. The first-order chi connectivity index (χ1) is 12.3. The van der Waals surface area contributed by atoms with Gasteiger partial charge in [0, 0.05) is 18.7 Å². The molecule has 144 valence electrons. The van der Waals surface area contributed by atoms with Crippen LogP contribution in [0.1, 0.15) is 44.0 Å². The lowest BCUT2D eigenvalue weighted by atomic mass is 9.90. The minimum atomic E-state index is -0.846. The summed E-state index contributed by atoms with van der Waals surface area (Å²) in [6.45, 7) is 7.64. The molecule has 2 unspecified atom stereocenters. The second-order valence-electron chi connectivity index (χ2n) is 7.48. The van der Waals surface area contributed by atoms with Crippen molar-refractivity contribution < 1.29 is 24.2 Å². The topological polar surface area (TPSA) is 76.1 Å². The Balaban J connectivity index is 2.12. The number of aliphatic carboxylic acids is 1. The molecule has 1 amide bonds. The number of carbonyl (C=O) groups excluding carboxylic acids is 1. The van der Waals surface area contributed by atoms with Crippen LogP contribution in [0.25, 0.3) is 0 Å². The Morgan fingerprint density at radius 3 is 2.62 bits per heavy atom. The van der Waals surface area contributed by atoms with Crippen molar-refractivity contribution in [1.29, 1.82) is 0 Å². The van der Waals surface area contributed by atoms with Crippen LogP contribution in [0.3, 0.4) is 0 Å². The number of likely N-dealkylation sites (tertiary alicyclic amines) is 1. The number of piperidine rings is 1. The SMILES string of the molecule is COc1cc(C(=O)N2CC(C)CC(C(=O)O)C2)ccc1OCCC(C)C. The molecule has 26 heavy (non-hydrogen) atoms. The van der Waals surface area contributed by atoms with Crippen molar-refractivity contribution in [2.24, 2.45) is 17.8 Å². The molecule has 1 heterocycles. The predicted octanol–water partition coefficient (Wildman–Crippen LogP) is 3.30. The third kappa shape index (κ3) is 5.13. The molecular weight excluding hydrogens is 334 g/mol. The van der Waals surface area contributed by atoms with Gasteiger partial charge in [0.15, 0.2) is 11.5 Å². The van der Waals surface area contributed by atoms with E-state index in [0.717, 1.165) is 6.42 Å². The Morgan fingerprint density at radius 2 is 2.00 bits per heavy atom. The third-order valence-corrected chi connectivity index (χ3v) is 4.66. The largest absolute Gasteiger partial charge is 0.493 e. The van der Waals surface area contributed by atoms with Crippen LogP contribution in [-0.4, -0.2) is 48.7 Å². The van der Waals surface area contributed by atoms with Crippen molar-refractivity contribution in [2.45, 2.75) is 33.6 Å². The van der Waals surface area contributed by atoms with E-state index in [0.29, 0.717) is 42.6 Å². The average molecular weight is 363 g/mol. The molecule has 0 aliphatic carbocycles. The highest BCUT2D eigenvalue weighted by molar-refractivity contribution is 5.95. The molecule has 1 aliphatic heterocycles. The minimum absolute atomic E-state index is 0.161.